The van der Waals surface area contributed by atoms with Crippen LogP contribution in [-0.4, -0.2) is 20.2 Å². The Morgan fingerprint density at radius 1 is 0.743 bits per heavy atom. The molecule has 0 spiro atoms. The highest BCUT2D eigenvalue weighted by Crippen LogP contribution is 2.32. The number of benzene rings is 4. The molecule has 0 bridgehead atoms. The number of hydrogen-bond acceptors (Lipinski definition) is 4. The zero-order valence-corrected chi connectivity index (χ0v) is 19.6. The Balaban J connectivity index is 1.28. The Morgan fingerprint density at radius 3 is 2.26 bits per heavy atom. The van der Waals surface area contributed by atoms with E-state index < -0.39 is 21.8 Å². The number of sulfonamides is 1. The fraction of sp³-hybridized carbons (Fsp3) is 0.111. The van der Waals surface area contributed by atoms with Gasteiger partial charge in [0.05, 0.1) is 4.90 Å². The summed E-state index contributed by atoms with van der Waals surface area (Å²) in [5.41, 5.74) is 8.66. The fourth-order valence-corrected chi connectivity index (χ4v) is 5.42. The molecular weight excluding hydrogens is 462 g/mol. The van der Waals surface area contributed by atoms with E-state index in [-0.39, 0.29) is 17.0 Å². The first-order valence-corrected chi connectivity index (χ1v) is 12.7. The first-order chi connectivity index (χ1) is 16.9. The van der Waals surface area contributed by atoms with Crippen molar-refractivity contribution in [3.05, 3.63) is 113 Å². The molecule has 8 heteroatoms. The van der Waals surface area contributed by atoms with Crippen LogP contribution < -0.4 is 15.6 Å². The second kappa shape index (κ2) is 9.32. The molecule has 3 N–H and O–H groups in total. The summed E-state index contributed by atoms with van der Waals surface area (Å²) in [7, 11) is -3.83. The van der Waals surface area contributed by atoms with E-state index in [1.54, 1.807) is 6.07 Å². The molecule has 4 aromatic carbocycles. The van der Waals surface area contributed by atoms with Crippen molar-refractivity contribution in [2.75, 3.05) is 0 Å². The highest BCUT2D eigenvalue weighted by Gasteiger charge is 2.20. The SMILES string of the molecule is O=C(NNC(=O)c1ccc2c3c(cccc13)CC2)c1cccc(S(=O)(=O)NCc2ccccc2)c1. The summed E-state index contributed by atoms with van der Waals surface area (Å²) in [6, 6.07) is 24.4. The lowest BCUT2D eigenvalue weighted by atomic mass is 10.00. The number of hydrazine groups is 1. The van der Waals surface area contributed by atoms with E-state index >= 15 is 0 Å². The third kappa shape index (κ3) is 4.66. The molecule has 1 aliphatic carbocycles. The van der Waals surface area contributed by atoms with Crippen molar-refractivity contribution in [2.45, 2.75) is 24.3 Å². The number of hydrogen-bond donors (Lipinski definition) is 3. The van der Waals surface area contributed by atoms with Gasteiger partial charge in [0.25, 0.3) is 11.8 Å². The average molecular weight is 486 g/mol. The van der Waals surface area contributed by atoms with Gasteiger partial charge < -0.3 is 0 Å². The van der Waals surface area contributed by atoms with Crippen LogP contribution in [0.5, 0.6) is 0 Å². The van der Waals surface area contributed by atoms with Crippen LogP contribution >= 0.6 is 0 Å². The maximum Gasteiger partial charge on any atom is 0.270 e. The number of nitrogens with one attached hydrogen (secondary N) is 3. The molecule has 7 nitrogen and oxygen atoms in total. The van der Waals surface area contributed by atoms with Crippen molar-refractivity contribution in [2.24, 2.45) is 0 Å². The molecular formula is C27H23N3O4S. The Hall–Kier alpha value is -4.01. The summed E-state index contributed by atoms with van der Waals surface area (Å²) in [6.07, 6.45) is 1.90. The minimum absolute atomic E-state index is 0.0417. The lowest BCUT2D eigenvalue weighted by Gasteiger charge is -2.12. The molecule has 0 saturated heterocycles. The smallest absolute Gasteiger partial charge is 0.267 e. The predicted molar refractivity (Wildman–Crippen MR) is 133 cm³/mol. The maximum absolute atomic E-state index is 12.9. The predicted octanol–water partition coefficient (Wildman–Crippen LogP) is 3.49. The summed E-state index contributed by atoms with van der Waals surface area (Å²) >= 11 is 0. The van der Waals surface area contributed by atoms with E-state index in [4.69, 9.17) is 0 Å². The van der Waals surface area contributed by atoms with Crippen LogP contribution in [0.25, 0.3) is 10.8 Å². The molecule has 4 aromatic rings. The molecule has 0 radical (unpaired) electrons. The molecule has 35 heavy (non-hydrogen) atoms. The third-order valence-corrected chi connectivity index (χ3v) is 7.53. The monoisotopic (exact) mass is 485 g/mol. The Bertz CT molecular complexity index is 1540. The molecule has 2 amide bonds. The fourth-order valence-electron chi connectivity index (χ4n) is 4.36. The molecule has 1 aliphatic rings. The van der Waals surface area contributed by atoms with Gasteiger partial charge in [-0.3, -0.25) is 20.4 Å². The second-order valence-electron chi connectivity index (χ2n) is 8.36. The van der Waals surface area contributed by atoms with Crippen LogP contribution in [0, 0.1) is 0 Å². The summed E-state index contributed by atoms with van der Waals surface area (Å²) in [4.78, 5) is 25.5. The van der Waals surface area contributed by atoms with E-state index in [1.807, 2.05) is 48.5 Å². The van der Waals surface area contributed by atoms with E-state index in [0.717, 1.165) is 29.2 Å². The molecule has 0 saturated carbocycles. The number of amides is 2. The van der Waals surface area contributed by atoms with Crippen molar-refractivity contribution in [3.63, 3.8) is 0 Å². The van der Waals surface area contributed by atoms with Crippen LogP contribution in [-0.2, 0) is 29.4 Å². The normalized spacial score (nSPS) is 12.5. The van der Waals surface area contributed by atoms with E-state index in [1.165, 1.54) is 35.4 Å². The van der Waals surface area contributed by atoms with E-state index in [9.17, 15) is 18.0 Å². The highest BCUT2D eigenvalue weighted by atomic mass is 32.2. The van der Waals surface area contributed by atoms with E-state index in [2.05, 4.69) is 21.6 Å². The van der Waals surface area contributed by atoms with Gasteiger partial charge >= 0.3 is 0 Å². The molecule has 0 unspecified atom stereocenters. The number of carbonyl (C=O) groups excluding carboxylic acids is 2. The van der Waals surface area contributed by atoms with Crippen LogP contribution in [0.4, 0.5) is 0 Å². The van der Waals surface area contributed by atoms with Crippen molar-refractivity contribution in [1.82, 2.24) is 15.6 Å². The summed E-state index contributed by atoms with van der Waals surface area (Å²) < 4.78 is 27.9. The number of rotatable bonds is 6. The quantitative estimate of drug-likeness (QED) is 0.364. The highest BCUT2D eigenvalue weighted by molar-refractivity contribution is 7.89. The zero-order chi connectivity index (χ0) is 24.4. The van der Waals surface area contributed by atoms with Crippen LogP contribution in [0.2, 0.25) is 0 Å². The minimum atomic E-state index is -3.83. The molecule has 0 heterocycles. The van der Waals surface area contributed by atoms with E-state index in [0.29, 0.717) is 5.56 Å². The Kier molecular flexibility index (Phi) is 6.07. The summed E-state index contributed by atoms with van der Waals surface area (Å²) in [5.74, 6) is -1.06. The summed E-state index contributed by atoms with van der Waals surface area (Å²) in [5, 5.41) is 1.95. The maximum atomic E-state index is 12.9. The molecule has 0 aromatic heterocycles. The van der Waals surface area contributed by atoms with Gasteiger partial charge in [-0.15, -0.1) is 0 Å². The van der Waals surface area contributed by atoms with Crippen LogP contribution in [0.15, 0.2) is 89.8 Å². The topological polar surface area (TPSA) is 104 Å². The molecule has 176 valence electrons. The zero-order valence-electron chi connectivity index (χ0n) is 18.7. The van der Waals surface area contributed by atoms with Gasteiger partial charge in [0.2, 0.25) is 10.0 Å². The lowest BCUT2D eigenvalue weighted by molar-refractivity contribution is 0.0847. The van der Waals surface area contributed by atoms with Gasteiger partial charge in [0, 0.05) is 17.7 Å². The largest absolute Gasteiger partial charge is 0.270 e. The van der Waals surface area contributed by atoms with Crippen molar-refractivity contribution >= 4 is 32.6 Å². The third-order valence-electron chi connectivity index (χ3n) is 6.13. The van der Waals surface area contributed by atoms with Gasteiger partial charge in [-0.1, -0.05) is 60.7 Å². The van der Waals surface area contributed by atoms with Gasteiger partial charge in [0.1, 0.15) is 0 Å². The first-order valence-electron chi connectivity index (χ1n) is 11.2. The standard InChI is InChI=1S/C27H23N3O4S/c31-26(21-9-4-10-22(16-21)35(33,34)28-17-18-6-2-1-3-7-18)29-30-27(32)24-15-14-20-13-12-19-8-5-11-23(24)25(19)20/h1-11,14-16,28H,12-13,17H2,(H,29,31)(H,30,32). The number of carbonyl (C=O) groups is 2. The van der Waals surface area contributed by atoms with Crippen molar-refractivity contribution < 1.29 is 18.0 Å². The average Bonchev–Trinajstić information content (AvgIpc) is 3.31. The minimum Gasteiger partial charge on any atom is -0.267 e. The summed E-state index contributed by atoms with van der Waals surface area (Å²) in [6.45, 7) is 0.129. The van der Waals surface area contributed by atoms with Crippen LogP contribution in [0.1, 0.15) is 37.4 Å². The molecule has 0 aliphatic heterocycles. The second-order valence-corrected chi connectivity index (χ2v) is 10.1. The molecule has 0 fully saturated rings. The van der Waals surface area contributed by atoms with Gasteiger partial charge in [-0.05, 0) is 64.6 Å². The number of aryl methyl sites for hydroxylation is 2. The molecule has 0 atom stereocenters. The van der Waals surface area contributed by atoms with Gasteiger partial charge in [-0.25, -0.2) is 13.1 Å². The molecule has 5 rings (SSSR count). The van der Waals surface area contributed by atoms with Crippen LogP contribution in [0.3, 0.4) is 0 Å². The lowest BCUT2D eigenvalue weighted by Crippen LogP contribution is -2.41. The Morgan fingerprint density at radius 2 is 1.46 bits per heavy atom. The Labute approximate surface area is 203 Å². The van der Waals surface area contributed by atoms with Crippen molar-refractivity contribution in [1.29, 1.82) is 0 Å². The van der Waals surface area contributed by atoms with Gasteiger partial charge in [0.15, 0.2) is 0 Å². The first kappa shape index (κ1) is 22.8. The van der Waals surface area contributed by atoms with Gasteiger partial charge in [-0.2, -0.15) is 0 Å². The van der Waals surface area contributed by atoms with Crippen molar-refractivity contribution in [3.8, 4) is 0 Å².